The fraction of sp³-hybridized carbons (Fsp3) is 0.550. The summed E-state index contributed by atoms with van der Waals surface area (Å²) in [5, 5.41) is 34.6. The van der Waals surface area contributed by atoms with Gasteiger partial charge in [0.15, 0.2) is 23.8 Å². The van der Waals surface area contributed by atoms with Crippen LogP contribution in [0.2, 0.25) is 0 Å². The van der Waals surface area contributed by atoms with Crippen LogP contribution < -0.4 is 22.1 Å². The number of hydrogen-bond donors (Lipinski definition) is 7. The van der Waals surface area contributed by atoms with E-state index in [-0.39, 0.29) is 29.9 Å². The predicted molar refractivity (Wildman–Crippen MR) is 121 cm³/mol. The number of amides is 3. The molecule has 0 spiro atoms. The molecule has 0 saturated carbocycles. The Kier molecular flexibility index (Phi) is 8.68. The van der Waals surface area contributed by atoms with Crippen LogP contribution in [0.25, 0.3) is 11.2 Å². The molecule has 0 aromatic carbocycles. The summed E-state index contributed by atoms with van der Waals surface area (Å²) < 4.78 is 6.97. The number of anilines is 1. The minimum absolute atomic E-state index is 0.0295. The van der Waals surface area contributed by atoms with E-state index in [0.717, 1.165) is 0 Å². The van der Waals surface area contributed by atoms with E-state index in [9.17, 15) is 29.4 Å². The third kappa shape index (κ3) is 6.21. The number of aromatic nitrogens is 4. The normalized spacial score (nSPS) is 22.3. The molecule has 0 bridgehead atoms. The first-order valence-electron chi connectivity index (χ1n) is 11.1. The number of carboxylic acid groups (broad SMARTS) is 1. The number of nitrogens with two attached hydrogens (primary N) is 2. The zero-order valence-electron chi connectivity index (χ0n) is 19.1. The molecule has 0 aliphatic carbocycles. The Balaban J connectivity index is 1.42. The van der Waals surface area contributed by atoms with Gasteiger partial charge in [-0.3, -0.25) is 19.0 Å². The number of carboxylic acids is 1. The number of carbonyl (C=O) groups excluding carboxylic acids is 3. The van der Waals surface area contributed by atoms with Crippen LogP contribution in [-0.2, 0) is 23.9 Å². The lowest BCUT2D eigenvalue weighted by molar-refractivity contribution is -0.143. The number of primary amides is 1. The number of nitrogens with zero attached hydrogens (tertiary/aromatic N) is 4. The molecule has 3 rings (SSSR count). The highest BCUT2D eigenvalue weighted by Crippen LogP contribution is 2.32. The fourth-order valence-corrected chi connectivity index (χ4v) is 3.73. The molecule has 1 aliphatic heterocycles. The van der Waals surface area contributed by atoms with Crippen LogP contribution in [0.1, 0.15) is 38.3 Å². The Morgan fingerprint density at radius 1 is 1.11 bits per heavy atom. The van der Waals surface area contributed by atoms with Gasteiger partial charge in [0, 0.05) is 13.0 Å². The topological polar surface area (TPSA) is 258 Å². The standard InChI is InChI=1S/C20H28N8O8/c21-10(29)6-9(20(34)35)27-11(30)4-2-1-3-5-23-18(33)15-13(31)14(32)19(36-15)28-8-26-12-16(22)24-7-25-17(12)28/h7-9,13-15,19,31-32H,1-6H2,(H2,21,29)(H,23,33)(H,27,30)(H,34,35)(H2,22,24,25)/t9-,13+,14-,15+,19-/m1/s1. The fourth-order valence-electron chi connectivity index (χ4n) is 3.73. The monoisotopic (exact) mass is 508 g/mol. The van der Waals surface area contributed by atoms with E-state index in [2.05, 4.69) is 25.6 Å². The van der Waals surface area contributed by atoms with Crippen LogP contribution in [0.4, 0.5) is 5.82 Å². The SMILES string of the molecule is NC(=O)C[C@@H](NC(=O)CCCCCNC(=O)[C@H]1O[C@@H](n2cnc3c(N)ncnc32)[C@H](O)[C@@H]1O)C(=O)O. The van der Waals surface area contributed by atoms with Gasteiger partial charge in [0.25, 0.3) is 5.91 Å². The summed E-state index contributed by atoms with van der Waals surface area (Å²) in [7, 11) is 0. The number of unbranched alkanes of at least 4 members (excludes halogenated alkanes) is 2. The van der Waals surface area contributed by atoms with E-state index in [0.29, 0.717) is 19.3 Å². The minimum atomic E-state index is -1.50. The number of nitrogen functional groups attached to an aromatic ring is 1. The number of hydrogen-bond acceptors (Lipinski definition) is 11. The van der Waals surface area contributed by atoms with Gasteiger partial charge in [0.2, 0.25) is 11.8 Å². The van der Waals surface area contributed by atoms with Gasteiger partial charge in [-0.05, 0) is 12.8 Å². The molecular formula is C20H28N8O8. The van der Waals surface area contributed by atoms with Crippen molar-refractivity contribution in [3.63, 3.8) is 0 Å². The van der Waals surface area contributed by atoms with Gasteiger partial charge in [0.05, 0.1) is 12.7 Å². The molecule has 1 saturated heterocycles. The van der Waals surface area contributed by atoms with Crippen molar-refractivity contribution in [2.24, 2.45) is 5.73 Å². The Morgan fingerprint density at radius 3 is 2.56 bits per heavy atom. The molecule has 0 unspecified atom stereocenters. The lowest BCUT2D eigenvalue weighted by Crippen LogP contribution is -2.43. The Bertz CT molecular complexity index is 1120. The average molecular weight is 508 g/mol. The molecule has 9 N–H and O–H groups in total. The van der Waals surface area contributed by atoms with Crippen LogP contribution in [0.15, 0.2) is 12.7 Å². The molecule has 1 fully saturated rings. The van der Waals surface area contributed by atoms with Crippen LogP contribution in [-0.4, -0.2) is 89.4 Å². The summed E-state index contributed by atoms with van der Waals surface area (Å²) in [6.45, 7) is 0.213. The first-order valence-corrected chi connectivity index (χ1v) is 11.1. The van der Waals surface area contributed by atoms with Crippen molar-refractivity contribution in [3.8, 4) is 0 Å². The highest BCUT2D eigenvalue weighted by Gasteiger charge is 2.47. The molecule has 16 nitrogen and oxygen atoms in total. The number of aliphatic hydroxyl groups is 2. The van der Waals surface area contributed by atoms with Gasteiger partial charge >= 0.3 is 5.97 Å². The van der Waals surface area contributed by atoms with Crippen LogP contribution in [0, 0.1) is 0 Å². The summed E-state index contributed by atoms with van der Waals surface area (Å²) in [6.07, 6.45) is -1.92. The van der Waals surface area contributed by atoms with Crippen molar-refractivity contribution in [1.82, 2.24) is 30.2 Å². The van der Waals surface area contributed by atoms with Gasteiger partial charge in [-0.2, -0.15) is 0 Å². The number of aliphatic hydroxyl groups excluding tert-OH is 2. The van der Waals surface area contributed by atoms with Crippen LogP contribution >= 0.6 is 0 Å². The average Bonchev–Trinajstić information content (AvgIpc) is 3.37. The second-order valence-electron chi connectivity index (χ2n) is 8.24. The second-order valence-corrected chi connectivity index (χ2v) is 8.24. The summed E-state index contributed by atoms with van der Waals surface area (Å²) in [5.41, 5.74) is 11.3. The van der Waals surface area contributed by atoms with Crippen molar-refractivity contribution in [3.05, 3.63) is 12.7 Å². The van der Waals surface area contributed by atoms with Gasteiger partial charge in [-0.15, -0.1) is 0 Å². The van der Waals surface area contributed by atoms with E-state index in [1.165, 1.54) is 17.2 Å². The first-order chi connectivity index (χ1) is 17.1. The van der Waals surface area contributed by atoms with Crippen molar-refractivity contribution in [1.29, 1.82) is 0 Å². The number of imidazole rings is 1. The quantitative estimate of drug-likeness (QED) is 0.143. The molecule has 5 atom stereocenters. The zero-order valence-corrected chi connectivity index (χ0v) is 19.1. The smallest absolute Gasteiger partial charge is 0.326 e. The van der Waals surface area contributed by atoms with E-state index >= 15 is 0 Å². The second kappa shape index (κ2) is 11.7. The third-order valence-corrected chi connectivity index (χ3v) is 5.58. The number of carbonyl (C=O) groups is 4. The summed E-state index contributed by atoms with van der Waals surface area (Å²) in [4.78, 5) is 58.3. The van der Waals surface area contributed by atoms with Gasteiger partial charge in [0.1, 0.15) is 30.1 Å². The van der Waals surface area contributed by atoms with Gasteiger partial charge in [-0.25, -0.2) is 19.7 Å². The molecule has 3 heterocycles. The van der Waals surface area contributed by atoms with Crippen molar-refractivity contribution >= 4 is 40.7 Å². The van der Waals surface area contributed by atoms with Crippen LogP contribution in [0.5, 0.6) is 0 Å². The highest BCUT2D eigenvalue weighted by atomic mass is 16.6. The Hall–Kier alpha value is -3.89. The molecule has 3 amide bonds. The predicted octanol–water partition coefficient (Wildman–Crippen LogP) is -2.85. The zero-order chi connectivity index (χ0) is 26.4. The maximum Gasteiger partial charge on any atom is 0.326 e. The largest absolute Gasteiger partial charge is 0.480 e. The molecule has 1 aliphatic rings. The third-order valence-electron chi connectivity index (χ3n) is 5.58. The number of ether oxygens (including phenoxy) is 1. The Morgan fingerprint density at radius 2 is 1.86 bits per heavy atom. The lowest BCUT2D eigenvalue weighted by atomic mass is 10.1. The molecule has 36 heavy (non-hydrogen) atoms. The van der Waals surface area contributed by atoms with Crippen LogP contribution in [0.3, 0.4) is 0 Å². The van der Waals surface area contributed by atoms with Crippen molar-refractivity contribution < 1.29 is 39.2 Å². The molecular weight excluding hydrogens is 480 g/mol. The summed E-state index contributed by atoms with van der Waals surface area (Å²) in [6, 6.07) is -1.38. The minimum Gasteiger partial charge on any atom is -0.480 e. The lowest BCUT2D eigenvalue weighted by Gasteiger charge is -2.16. The number of rotatable bonds is 12. The summed E-state index contributed by atoms with van der Waals surface area (Å²) >= 11 is 0. The van der Waals surface area contributed by atoms with Crippen molar-refractivity contribution in [2.45, 2.75) is 62.7 Å². The van der Waals surface area contributed by atoms with Gasteiger partial charge < -0.3 is 42.2 Å². The van der Waals surface area contributed by atoms with Gasteiger partial charge in [-0.1, -0.05) is 6.42 Å². The summed E-state index contributed by atoms with van der Waals surface area (Å²) in [5.74, 6) is -3.23. The van der Waals surface area contributed by atoms with E-state index in [1.54, 1.807) is 0 Å². The number of fused-ring (bicyclic) bond motifs is 1. The van der Waals surface area contributed by atoms with E-state index in [1.807, 2.05) is 0 Å². The molecule has 2 aromatic heterocycles. The maximum atomic E-state index is 12.5. The van der Waals surface area contributed by atoms with E-state index < -0.39 is 60.7 Å². The van der Waals surface area contributed by atoms with Crippen molar-refractivity contribution in [2.75, 3.05) is 12.3 Å². The molecule has 196 valence electrons. The van der Waals surface area contributed by atoms with E-state index in [4.69, 9.17) is 21.3 Å². The molecule has 16 heteroatoms. The Labute approximate surface area is 204 Å². The molecule has 2 aromatic rings. The number of nitrogens with one attached hydrogen (secondary N) is 2. The molecule has 0 radical (unpaired) electrons. The maximum absolute atomic E-state index is 12.5. The number of aliphatic carboxylic acids is 1. The highest BCUT2D eigenvalue weighted by molar-refractivity contribution is 5.88. The first kappa shape index (κ1) is 26.7.